The molecule has 0 atom stereocenters. The summed E-state index contributed by atoms with van der Waals surface area (Å²) in [5.74, 6) is -0.593. The number of carbonyl (C=O) groups excluding carboxylic acids is 1. The smallest absolute Gasteiger partial charge is 0.340 e. The van der Waals surface area contributed by atoms with Gasteiger partial charge >= 0.3 is 5.97 Å². The second-order valence-electron chi connectivity index (χ2n) is 4.23. The number of para-hydroxylation sites is 1. The van der Waals surface area contributed by atoms with Crippen molar-refractivity contribution in [3.05, 3.63) is 57.8 Å². The summed E-state index contributed by atoms with van der Waals surface area (Å²) in [4.78, 5) is 12.0. The molecule has 0 aliphatic heterocycles. The van der Waals surface area contributed by atoms with E-state index < -0.39 is 11.8 Å². The highest BCUT2D eigenvalue weighted by Gasteiger charge is 2.15. The SMILES string of the molecule is COc1cccc(C(=O)OCc2cc(F)ccc2Br)c1N. The molecule has 110 valence electrons. The Morgan fingerprint density at radius 3 is 2.81 bits per heavy atom. The largest absolute Gasteiger partial charge is 0.495 e. The van der Waals surface area contributed by atoms with Crippen molar-refractivity contribution in [2.75, 3.05) is 12.8 Å². The molecule has 0 amide bonds. The minimum absolute atomic E-state index is 0.0617. The molecule has 6 heteroatoms. The van der Waals surface area contributed by atoms with Crippen molar-refractivity contribution in [3.8, 4) is 5.75 Å². The maximum atomic E-state index is 13.2. The van der Waals surface area contributed by atoms with Crippen molar-refractivity contribution in [2.24, 2.45) is 0 Å². The van der Waals surface area contributed by atoms with Gasteiger partial charge in [-0.2, -0.15) is 0 Å². The fourth-order valence-corrected chi connectivity index (χ4v) is 2.14. The van der Waals surface area contributed by atoms with Gasteiger partial charge < -0.3 is 15.2 Å². The van der Waals surface area contributed by atoms with Gasteiger partial charge in [0, 0.05) is 10.0 Å². The van der Waals surface area contributed by atoms with E-state index in [-0.39, 0.29) is 17.9 Å². The maximum absolute atomic E-state index is 13.2. The molecule has 4 nitrogen and oxygen atoms in total. The molecular formula is C15H13BrFNO3. The van der Waals surface area contributed by atoms with E-state index in [1.807, 2.05) is 0 Å². The zero-order chi connectivity index (χ0) is 15.4. The number of hydrogen-bond acceptors (Lipinski definition) is 4. The van der Waals surface area contributed by atoms with Gasteiger partial charge in [-0.3, -0.25) is 0 Å². The molecule has 2 aromatic rings. The van der Waals surface area contributed by atoms with E-state index in [9.17, 15) is 9.18 Å². The molecule has 0 heterocycles. The van der Waals surface area contributed by atoms with Crippen LogP contribution in [0.2, 0.25) is 0 Å². The van der Waals surface area contributed by atoms with Crippen molar-refractivity contribution in [3.63, 3.8) is 0 Å². The molecule has 2 aromatic carbocycles. The van der Waals surface area contributed by atoms with Gasteiger partial charge in [0.25, 0.3) is 0 Å². The molecule has 0 aliphatic rings. The highest BCUT2D eigenvalue weighted by molar-refractivity contribution is 9.10. The molecule has 2 N–H and O–H groups in total. The highest BCUT2D eigenvalue weighted by atomic mass is 79.9. The third-order valence-corrected chi connectivity index (χ3v) is 3.65. The number of methoxy groups -OCH3 is 1. The number of benzene rings is 2. The Bertz CT molecular complexity index is 676. The second kappa shape index (κ2) is 6.58. The van der Waals surface area contributed by atoms with Gasteiger partial charge in [0.15, 0.2) is 0 Å². The number of nitrogen functional groups attached to an aromatic ring is 1. The van der Waals surface area contributed by atoms with Gasteiger partial charge in [-0.1, -0.05) is 22.0 Å². The quantitative estimate of drug-likeness (QED) is 0.674. The summed E-state index contributed by atoms with van der Waals surface area (Å²) in [7, 11) is 1.46. The Kier molecular flexibility index (Phi) is 4.80. The molecule has 0 unspecified atom stereocenters. The molecular weight excluding hydrogens is 341 g/mol. The average Bonchev–Trinajstić information content (AvgIpc) is 2.48. The van der Waals surface area contributed by atoms with Gasteiger partial charge in [0.05, 0.1) is 18.4 Å². The third-order valence-electron chi connectivity index (χ3n) is 2.87. The minimum atomic E-state index is -0.595. The summed E-state index contributed by atoms with van der Waals surface area (Å²) in [6, 6.07) is 9.00. The van der Waals surface area contributed by atoms with E-state index in [1.54, 1.807) is 24.3 Å². The first-order chi connectivity index (χ1) is 10.0. The number of hydrogen-bond donors (Lipinski definition) is 1. The number of ether oxygens (including phenoxy) is 2. The van der Waals surface area contributed by atoms with Gasteiger partial charge in [-0.15, -0.1) is 0 Å². The molecule has 0 saturated heterocycles. The molecule has 0 fully saturated rings. The Morgan fingerprint density at radius 1 is 1.33 bits per heavy atom. The molecule has 0 aliphatic carbocycles. The van der Waals surface area contributed by atoms with Crippen LogP contribution in [0.4, 0.5) is 10.1 Å². The summed E-state index contributed by atoms with van der Waals surface area (Å²) in [6.07, 6.45) is 0. The van der Waals surface area contributed by atoms with Crippen molar-refractivity contribution >= 4 is 27.6 Å². The first-order valence-corrected chi connectivity index (χ1v) is 6.85. The molecule has 0 bridgehead atoms. The molecule has 0 saturated carbocycles. The molecule has 0 aromatic heterocycles. The number of anilines is 1. The van der Waals surface area contributed by atoms with Crippen LogP contribution in [0, 0.1) is 5.82 Å². The van der Waals surface area contributed by atoms with Crippen LogP contribution in [0.15, 0.2) is 40.9 Å². The normalized spacial score (nSPS) is 10.2. The van der Waals surface area contributed by atoms with E-state index >= 15 is 0 Å². The lowest BCUT2D eigenvalue weighted by atomic mass is 10.1. The minimum Gasteiger partial charge on any atom is -0.495 e. The van der Waals surface area contributed by atoms with Crippen LogP contribution in [-0.2, 0) is 11.3 Å². The monoisotopic (exact) mass is 353 g/mol. The first kappa shape index (κ1) is 15.3. The van der Waals surface area contributed by atoms with E-state index in [0.717, 1.165) is 0 Å². The summed E-state index contributed by atoms with van der Waals surface area (Å²) in [6.45, 7) is -0.0617. The van der Waals surface area contributed by atoms with E-state index in [4.69, 9.17) is 15.2 Å². The lowest BCUT2D eigenvalue weighted by Crippen LogP contribution is -2.09. The predicted molar refractivity (Wildman–Crippen MR) is 80.6 cm³/mol. The van der Waals surface area contributed by atoms with E-state index in [0.29, 0.717) is 15.8 Å². The zero-order valence-corrected chi connectivity index (χ0v) is 12.8. The van der Waals surface area contributed by atoms with Crippen LogP contribution in [0.3, 0.4) is 0 Å². The Balaban J connectivity index is 2.14. The summed E-state index contributed by atoms with van der Waals surface area (Å²) < 4.78 is 24.0. The van der Waals surface area contributed by atoms with Crippen molar-refractivity contribution in [2.45, 2.75) is 6.61 Å². The fraction of sp³-hybridized carbons (Fsp3) is 0.133. The van der Waals surface area contributed by atoms with Crippen molar-refractivity contribution in [1.29, 1.82) is 0 Å². The van der Waals surface area contributed by atoms with Crippen molar-refractivity contribution < 1.29 is 18.7 Å². The molecule has 0 radical (unpaired) electrons. The van der Waals surface area contributed by atoms with Crippen LogP contribution < -0.4 is 10.5 Å². The Labute approximate surface area is 129 Å². The van der Waals surface area contributed by atoms with Crippen LogP contribution in [0.25, 0.3) is 0 Å². The van der Waals surface area contributed by atoms with E-state index in [2.05, 4.69) is 15.9 Å². The maximum Gasteiger partial charge on any atom is 0.340 e. The van der Waals surface area contributed by atoms with Crippen molar-refractivity contribution in [1.82, 2.24) is 0 Å². The topological polar surface area (TPSA) is 61.5 Å². The average molecular weight is 354 g/mol. The standard InChI is InChI=1S/C15H13BrFNO3/c1-20-13-4-2-3-11(14(13)18)15(19)21-8-9-7-10(17)5-6-12(9)16/h2-7H,8,18H2,1H3. The number of nitrogens with two attached hydrogens (primary N) is 1. The fourth-order valence-electron chi connectivity index (χ4n) is 1.77. The molecule has 2 rings (SSSR count). The zero-order valence-electron chi connectivity index (χ0n) is 11.2. The Morgan fingerprint density at radius 2 is 2.10 bits per heavy atom. The molecule has 0 spiro atoms. The summed E-state index contributed by atoms with van der Waals surface area (Å²) in [5, 5.41) is 0. The second-order valence-corrected chi connectivity index (χ2v) is 5.09. The lowest BCUT2D eigenvalue weighted by molar-refractivity contribution is 0.0472. The van der Waals surface area contributed by atoms with Crippen LogP contribution in [0.5, 0.6) is 5.75 Å². The molecule has 21 heavy (non-hydrogen) atoms. The summed E-state index contributed by atoms with van der Waals surface area (Å²) in [5.41, 5.74) is 6.78. The number of esters is 1. The van der Waals surface area contributed by atoms with Gasteiger partial charge in [-0.25, -0.2) is 9.18 Å². The van der Waals surface area contributed by atoms with Gasteiger partial charge in [0.1, 0.15) is 18.2 Å². The van der Waals surface area contributed by atoms with Crippen LogP contribution >= 0.6 is 15.9 Å². The highest BCUT2D eigenvalue weighted by Crippen LogP contribution is 2.26. The lowest BCUT2D eigenvalue weighted by Gasteiger charge is -2.10. The van der Waals surface area contributed by atoms with Gasteiger partial charge in [0.2, 0.25) is 0 Å². The number of carbonyl (C=O) groups is 1. The van der Waals surface area contributed by atoms with Crippen LogP contribution in [-0.4, -0.2) is 13.1 Å². The Hall–Kier alpha value is -2.08. The first-order valence-electron chi connectivity index (χ1n) is 6.06. The predicted octanol–water partition coefficient (Wildman–Crippen LogP) is 3.54. The third kappa shape index (κ3) is 3.52. The number of halogens is 2. The summed E-state index contributed by atoms with van der Waals surface area (Å²) >= 11 is 3.27. The van der Waals surface area contributed by atoms with Crippen LogP contribution in [0.1, 0.15) is 15.9 Å². The van der Waals surface area contributed by atoms with E-state index in [1.165, 1.54) is 19.2 Å². The van der Waals surface area contributed by atoms with Gasteiger partial charge in [-0.05, 0) is 30.3 Å². The number of rotatable bonds is 4.